The first-order valence-electron chi connectivity index (χ1n) is 24.6. The number of aromatic nitrogens is 2. The zero-order valence-corrected chi connectivity index (χ0v) is 50.0. The highest BCUT2D eigenvalue weighted by Crippen LogP contribution is 2.28. The summed E-state index contributed by atoms with van der Waals surface area (Å²) >= 11 is 3.07. The van der Waals surface area contributed by atoms with E-state index >= 15 is 0 Å². The molecule has 1 aliphatic heterocycles. The average Bonchev–Trinajstić information content (AvgIpc) is 3.47. The molecule has 1 saturated heterocycles. The minimum Gasteiger partial charge on any atom is -0.505 e. The summed E-state index contributed by atoms with van der Waals surface area (Å²) in [7, 11) is 12.1. The third-order valence-corrected chi connectivity index (χ3v) is 15.6. The molecule has 1 aromatic carbocycles. The largest absolute Gasteiger partial charge is 0.505 e. The molecule has 436 valence electrons. The number of rotatable bonds is 17. The standard InChI is InChI=1S/C50H66N12O12S3.C2H6S/c1-12-29-18-38(64)42(53-32(29)13-2)46(70)55-34(22-57(4)5)44(68)51-20-40(66)61(9)36-26-76-77-27-37(50(74)60(8)31(24-63)25-75-11)62(10)41(67)21-52-45(69)35(23-58(6)48(72)28(3)59(7)49(36)73)56-47(71)43-39(65)19-30-16-14-15-17-33(30)54-43;1-3-2/h12-19,24,28,31,34-37,64-65H,1-2,20-23,25-27H2,3-11H3,(H,51,68)(H,52,69)(H,55,70)(H,56,71);1-2H3/t28-,31+,34+,35+,36-,37-;/m0./s1. The van der Waals surface area contributed by atoms with Crippen LogP contribution >= 0.6 is 45.1 Å². The second-order valence-corrected chi connectivity index (χ2v) is 22.8. The van der Waals surface area contributed by atoms with Crippen molar-refractivity contribution in [1.29, 1.82) is 0 Å². The molecule has 28 heteroatoms. The van der Waals surface area contributed by atoms with E-state index in [-0.39, 0.29) is 29.5 Å². The maximum absolute atomic E-state index is 14.6. The molecule has 1 fully saturated rings. The van der Waals surface area contributed by atoms with E-state index in [0.717, 1.165) is 41.2 Å². The van der Waals surface area contributed by atoms with Crippen molar-refractivity contribution in [3.63, 3.8) is 0 Å². The van der Waals surface area contributed by atoms with E-state index in [4.69, 9.17) is 0 Å². The Morgan fingerprint density at radius 3 is 2.12 bits per heavy atom. The van der Waals surface area contributed by atoms with Crippen molar-refractivity contribution in [3.05, 3.63) is 72.2 Å². The summed E-state index contributed by atoms with van der Waals surface area (Å²) in [5.41, 5.74) is 0.182. The van der Waals surface area contributed by atoms with Crippen LogP contribution in [0.15, 0.2) is 49.6 Å². The van der Waals surface area contributed by atoms with Crippen molar-refractivity contribution in [2.75, 3.05) is 112 Å². The minimum atomic E-state index is -1.60. The Bertz CT molecular complexity index is 2770. The van der Waals surface area contributed by atoms with Gasteiger partial charge < -0.3 is 65.7 Å². The lowest BCUT2D eigenvalue weighted by molar-refractivity contribution is -0.148. The molecule has 0 radical (unpaired) electrons. The molecule has 3 aromatic rings. The van der Waals surface area contributed by atoms with Gasteiger partial charge in [-0.05, 0) is 64.1 Å². The zero-order chi connectivity index (χ0) is 60.1. The van der Waals surface area contributed by atoms with Crippen molar-refractivity contribution in [1.82, 2.24) is 60.6 Å². The SMILES string of the molecule is C=Cc1cc(O)c(C(=O)N[C@H](CN(C)C)C(=O)NCC(=O)N(C)[C@H]2CSSC[C@@H](C(=O)N(C)[C@H](C=O)CSC)N(C)C(=O)CNC(=O)[C@H](NC(=O)c3nc4ccccc4cc3O)CN(C)C(=O)[C@H](C)N(C)C2=O)nc1C=C.CSC. The number of carbonyl (C=O) groups is 10. The number of amides is 9. The van der Waals surface area contributed by atoms with Gasteiger partial charge in [0.25, 0.3) is 11.8 Å². The fourth-order valence-electron chi connectivity index (χ4n) is 7.68. The number of nitrogens with zero attached hydrogens (tertiary/aromatic N) is 8. The van der Waals surface area contributed by atoms with E-state index in [1.807, 2.05) is 12.5 Å². The molecule has 9 amide bonds. The summed E-state index contributed by atoms with van der Waals surface area (Å²) in [6.45, 7) is 6.79. The molecule has 0 aliphatic carbocycles. The number of pyridine rings is 2. The molecule has 0 bridgehead atoms. The Hall–Kier alpha value is -6.88. The number of carbonyl (C=O) groups excluding carboxylic acids is 10. The van der Waals surface area contributed by atoms with Gasteiger partial charge in [-0.3, -0.25) is 43.2 Å². The van der Waals surface area contributed by atoms with Gasteiger partial charge >= 0.3 is 0 Å². The van der Waals surface area contributed by atoms with Crippen molar-refractivity contribution in [2.45, 2.75) is 43.2 Å². The van der Waals surface area contributed by atoms with Crippen LogP contribution in [-0.4, -0.2) is 257 Å². The molecular weight excluding hydrogens is 1110 g/mol. The van der Waals surface area contributed by atoms with Gasteiger partial charge in [-0.25, -0.2) is 9.97 Å². The van der Waals surface area contributed by atoms with Crippen LogP contribution in [0, 0.1) is 0 Å². The molecule has 1 aliphatic rings. The van der Waals surface area contributed by atoms with Gasteiger partial charge in [0.15, 0.2) is 11.4 Å². The molecule has 4 rings (SSSR count). The van der Waals surface area contributed by atoms with Crippen LogP contribution in [0.1, 0.15) is 39.2 Å². The highest BCUT2D eigenvalue weighted by Gasteiger charge is 2.38. The normalized spacial score (nSPS) is 18.5. The van der Waals surface area contributed by atoms with Crippen molar-refractivity contribution in [2.24, 2.45) is 0 Å². The molecular formula is C52H72N12O12S4. The van der Waals surface area contributed by atoms with Gasteiger partial charge in [-0.2, -0.15) is 23.5 Å². The summed E-state index contributed by atoms with van der Waals surface area (Å²) in [4.78, 5) is 153. The number of hydrogen-bond donors (Lipinski definition) is 6. The predicted octanol–water partition coefficient (Wildman–Crippen LogP) is 0.740. The van der Waals surface area contributed by atoms with E-state index in [9.17, 15) is 58.2 Å². The molecule has 6 N–H and O–H groups in total. The molecule has 3 heterocycles. The number of para-hydroxylation sites is 1. The Morgan fingerprint density at radius 1 is 0.887 bits per heavy atom. The summed E-state index contributed by atoms with van der Waals surface area (Å²) < 4.78 is 0. The van der Waals surface area contributed by atoms with Crippen LogP contribution in [0.25, 0.3) is 23.1 Å². The molecule has 0 saturated carbocycles. The van der Waals surface area contributed by atoms with E-state index in [1.54, 1.807) is 61.3 Å². The lowest BCUT2D eigenvalue weighted by Crippen LogP contribution is -2.59. The van der Waals surface area contributed by atoms with Gasteiger partial charge in [-0.1, -0.05) is 59.0 Å². The van der Waals surface area contributed by atoms with Crippen molar-refractivity contribution >= 4 is 128 Å². The number of aromatic hydroxyl groups is 2. The van der Waals surface area contributed by atoms with Crippen LogP contribution in [-0.2, 0) is 38.4 Å². The number of fused-ring (bicyclic) bond motifs is 1. The van der Waals surface area contributed by atoms with E-state index in [2.05, 4.69) is 44.4 Å². The summed E-state index contributed by atoms with van der Waals surface area (Å²) in [6, 6.07) is 1.64. The molecule has 80 heavy (non-hydrogen) atoms. The van der Waals surface area contributed by atoms with Gasteiger partial charge in [-0.15, -0.1) is 0 Å². The number of thioether (sulfide) groups is 2. The number of benzene rings is 1. The van der Waals surface area contributed by atoms with Crippen molar-refractivity contribution < 1.29 is 58.2 Å². The summed E-state index contributed by atoms with van der Waals surface area (Å²) in [5.74, 6) is -8.29. The molecule has 24 nitrogen and oxygen atoms in total. The number of likely N-dealkylation sites (N-methyl/N-ethyl adjacent to an activating group) is 6. The zero-order valence-electron chi connectivity index (χ0n) is 46.7. The lowest BCUT2D eigenvalue weighted by Gasteiger charge is -2.35. The molecule has 0 spiro atoms. The Morgan fingerprint density at radius 2 is 1.51 bits per heavy atom. The number of hydrogen-bond acceptors (Lipinski definition) is 19. The first-order chi connectivity index (χ1) is 37.8. The molecule has 6 atom stereocenters. The van der Waals surface area contributed by atoms with Crippen LogP contribution < -0.4 is 21.3 Å². The third-order valence-electron chi connectivity index (χ3n) is 12.5. The maximum atomic E-state index is 14.6. The van der Waals surface area contributed by atoms with Crippen LogP contribution in [0.2, 0.25) is 0 Å². The summed E-state index contributed by atoms with van der Waals surface area (Å²) in [5, 5.41) is 32.0. The van der Waals surface area contributed by atoms with Crippen LogP contribution in [0.4, 0.5) is 0 Å². The monoisotopic (exact) mass is 1180 g/mol. The Kier molecular flexibility index (Phi) is 27.3. The Balaban J connectivity index is 0.00000547. The van der Waals surface area contributed by atoms with Gasteiger partial charge in [0.05, 0.1) is 30.3 Å². The van der Waals surface area contributed by atoms with Gasteiger partial charge in [0, 0.05) is 76.5 Å². The number of nitrogens with one attached hydrogen (secondary N) is 4. The molecule has 0 unspecified atom stereocenters. The second kappa shape index (κ2) is 32.4. The van der Waals surface area contributed by atoms with E-state index in [0.29, 0.717) is 22.8 Å². The fourth-order valence-corrected chi connectivity index (χ4v) is 10.9. The maximum Gasteiger partial charge on any atom is 0.274 e. The van der Waals surface area contributed by atoms with Crippen LogP contribution in [0.5, 0.6) is 11.5 Å². The Labute approximate surface area is 482 Å². The highest BCUT2D eigenvalue weighted by molar-refractivity contribution is 8.76. The quantitative estimate of drug-likeness (QED) is 0.0802. The lowest BCUT2D eigenvalue weighted by atomic mass is 10.1. The highest BCUT2D eigenvalue weighted by atomic mass is 33.1. The molecule has 2 aromatic heterocycles. The third kappa shape index (κ3) is 18.3. The smallest absolute Gasteiger partial charge is 0.274 e. The summed E-state index contributed by atoms with van der Waals surface area (Å²) in [6.07, 6.45) is 9.22. The predicted molar refractivity (Wildman–Crippen MR) is 315 cm³/mol. The first-order valence-corrected chi connectivity index (χ1v) is 30.1. The second-order valence-electron chi connectivity index (χ2n) is 18.5. The van der Waals surface area contributed by atoms with Crippen molar-refractivity contribution in [3.8, 4) is 11.5 Å². The van der Waals surface area contributed by atoms with Gasteiger partial charge in [0.2, 0.25) is 41.4 Å². The fraction of sp³-hybridized carbons (Fsp3) is 0.462. The average molecular weight is 1190 g/mol. The van der Waals surface area contributed by atoms with Gasteiger partial charge in [0.1, 0.15) is 48.0 Å². The van der Waals surface area contributed by atoms with Crippen LogP contribution in [0.3, 0.4) is 0 Å². The first kappa shape index (κ1) is 67.4. The van der Waals surface area contributed by atoms with E-state index < -0.39 is 132 Å². The topological polar surface area (TPSA) is 304 Å². The minimum absolute atomic E-state index is 0.0575. The number of aldehydes is 1. The van der Waals surface area contributed by atoms with E-state index in [1.165, 1.54) is 83.1 Å².